The summed E-state index contributed by atoms with van der Waals surface area (Å²) in [4.78, 5) is 26.8. The van der Waals surface area contributed by atoms with Crippen LogP contribution in [0.25, 0.3) is 10.9 Å². The number of hydrogen-bond acceptors (Lipinski definition) is 7. The molecule has 2 aromatic rings. The average Bonchev–Trinajstić information content (AvgIpc) is 2.71. The third-order valence-corrected chi connectivity index (χ3v) is 5.47. The highest BCUT2D eigenvalue weighted by Gasteiger charge is 2.27. The van der Waals surface area contributed by atoms with E-state index in [0.29, 0.717) is 12.4 Å². The van der Waals surface area contributed by atoms with E-state index < -0.39 is 0 Å². The Balaban J connectivity index is 1.39. The normalized spacial score (nSPS) is 21.2. The molecule has 1 unspecified atom stereocenters. The Bertz CT molecular complexity index is 867. The van der Waals surface area contributed by atoms with Crippen molar-refractivity contribution in [3.63, 3.8) is 0 Å². The van der Waals surface area contributed by atoms with Crippen LogP contribution in [0.15, 0.2) is 24.5 Å². The number of rotatable bonds is 5. The Morgan fingerprint density at radius 1 is 1.21 bits per heavy atom. The Hall–Kier alpha value is -2.45. The molecule has 156 valence electrons. The summed E-state index contributed by atoms with van der Waals surface area (Å²) in [6.45, 7) is 9.56. The summed E-state index contributed by atoms with van der Waals surface area (Å²) in [6, 6.07) is 6.29. The minimum Gasteiger partial charge on any atom is -0.474 e. The molecule has 4 rings (SSSR count). The van der Waals surface area contributed by atoms with Crippen molar-refractivity contribution in [2.24, 2.45) is 0 Å². The lowest BCUT2D eigenvalue weighted by Gasteiger charge is -2.39. The highest BCUT2D eigenvalue weighted by Crippen LogP contribution is 2.28. The fourth-order valence-corrected chi connectivity index (χ4v) is 3.88. The Morgan fingerprint density at radius 3 is 2.72 bits per heavy atom. The van der Waals surface area contributed by atoms with E-state index in [1.807, 2.05) is 27.0 Å². The first-order valence-electron chi connectivity index (χ1n) is 10.2. The number of anilines is 1. The van der Waals surface area contributed by atoms with Gasteiger partial charge in [-0.3, -0.25) is 9.69 Å². The lowest BCUT2D eigenvalue weighted by atomic mass is 10.1. The van der Waals surface area contributed by atoms with Crippen molar-refractivity contribution in [2.75, 3.05) is 57.8 Å². The topological polar surface area (TPSA) is 71.0 Å². The molecule has 1 amide bonds. The van der Waals surface area contributed by atoms with Gasteiger partial charge in [-0.2, -0.15) is 0 Å². The van der Waals surface area contributed by atoms with E-state index in [1.54, 1.807) is 11.2 Å². The van der Waals surface area contributed by atoms with E-state index in [0.717, 1.165) is 43.6 Å². The summed E-state index contributed by atoms with van der Waals surface area (Å²) in [5.41, 5.74) is 2.06. The maximum atomic E-state index is 11.6. The van der Waals surface area contributed by atoms with Crippen LogP contribution in [0.2, 0.25) is 0 Å². The van der Waals surface area contributed by atoms with Gasteiger partial charge in [-0.05, 0) is 32.0 Å². The molecule has 2 aliphatic heterocycles. The number of amides is 1. The van der Waals surface area contributed by atoms with Gasteiger partial charge in [0.2, 0.25) is 11.8 Å². The molecule has 1 aromatic heterocycles. The number of hydrogen-bond donors (Lipinski definition) is 0. The second-order valence-corrected chi connectivity index (χ2v) is 8.04. The molecule has 1 aromatic carbocycles. The number of aromatic nitrogens is 2. The number of nitrogens with zero attached hydrogens (tertiary/aromatic N) is 5. The van der Waals surface area contributed by atoms with Gasteiger partial charge in [0, 0.05) is 52.0 Å². The van der Waals surface area contributed by atoms with Crippen LogP contribution in [0.3, 0.4) is 0 Å². The molecule has 0 radical (unpaired) electrons. The average molecular weight is 399 g/mol. The lowest BCUT2D eigenvalue weighted by molar-refractivity contribution is -0.147. The maximum absolute atomic E-state index is 11.6. The Kier molecular flexibility index (Phi) is 5.82. The fraction of sp³-hybridized carbons (Fsp3) is 0.571. The van der Waals surface area contributed by atoms with E-state index in [9.17, 15) is 4.79 Å². The first-order valence-corrected chi connectivity index (χ1v) is 10.2. The SMILES string of the molecule is CC(C)Oc1ncnc2ccc(N3CCN(CC4CN(C)C(=O)CO4)CC3)cc12. The number of ether oxygens (including phenoxy) is 2. The van der Waals surface area contributed by atoms with Crippen LogP contribution in [0.5, 0.6) is 5.88 Å². The van der Waals surface area contributed by atoms with E-state index in [-0.39, 0.29) is 24.7 Å². The predicted octanol–water partition coefficient (Wildman–Crippen LogP) is 1.40. The van der Waals surface area contributed by atoms with Crippen molar-refractivity contribution in [2.45, 2.75) is 26.1 Å². The van der Waals surface area contributed by atoms with E-state index in [4.69, 9.17) is 9.47 Å². The first kappa shape index (κ1) is 19.8. The van der Waals surface area contributed by atoms with Gasteiger partial charge < -0.3 is 19.3 Å². The van der Waals surface area contributed by atoms with Gasteiger partial charge in [0.05, 0.1) is 23.1 Å². The van der Waals surface area contributed by atoms with E-state index >= 15 is 0 Å². The van der Waals surface area contributed by atoms with Crippen molar-refractivity contribution >= 4 is 22.5 Å². The lowest BCUT2D eigenvalue weighted by Crippen LogP contribution is -2.53. The van der Waals surface area contributed by atoms with Crippen molar-refractivity contribution in [3.05, 3.63) is 24.5 Å². The number of morpholine rings is 1. The third-order valence-electron chi connectivity index (χ3n) is 5.47. The van der Waals surface area contributed by atoms with Crippen LogP contribution < -0.4 is 9.64 Å². The summed E-state index contributed by atoms with van der Waals surface area (Å²) in [6.07, 6.45) is 1.71. The molecule has 8 nitrogen and oxygen atoms in total. The zero-order chi connectivity index (χ0) is 20.4. The summed E-state index contributed by atoms with van der Waals surface area (Å²) < 4.78 is 11.6. The van der Waals surface area contributed by atoms with Gasteiger partial charge in [-0.1, -0.05) is 0 Å². The number of likely N-dealkylation sites (N-methyl/N-ethyl adjacent to an activating group) is 1. The molecule has 1 atom stereocenters. The number of carbonyl (C=O) groups excluding carboxylic acids is 1. The maximum Gasteiger partial charge on any atom is 0.248 e. The first-order chi connectivity index (χ1) is 14.0. The Labute approximate surface area is 171 Å². The van der Waals surface area contributed by atoms with Gasteiger partial charge in [0.25, 0.3) is 0 Å². The van der Waals surface area contributed by atoms with Gasteiger partial charge in [-0.25, -0.2) is 9.97 Å². The summed E-state index contributed by atoms with van der Waals surface area (Å²) in [5, 5.41) is 0.949. The highest BCUT2D eigenvalue weighted by atomic mass is 16.5. The second-order valence-electron chi connectivity index (χ2n) is 8.04. The molecule has 0 saturated carbocycles. The van der Waals surface area contributed by atoms with Gasteiger partial charge >= 0.3 is 0 Å². The third kappa shape index (κ3) is 4.59. The van der Waals surface area contributed by atoms with E-state index in [1.165, 1.54) is 5.69 Å². The molecule has 0 spiro atoms. The minimum atomic E-state index is 0.0622. The van der Waals surface area contributed by atoms with Crippen molar-refractivity contribution in [1.29, 1.82) is 0 Å². The molecular weight excluding hydrogens is 370 g/mol. The molecule has 0 bridgehead atoms. The molecule has 0 N–H and O–H groups in total. The van der Waals surface area contributed by atoms with Gasteiger partial charge in [-0.15, -0.1) is 0 Å². The monoisotopic (exact) mass is 399 g/mol. The Morgan fingerprint density at radius 2 is 2.00 bits per heavy atom. The molecule has 2 saturated heterocycles. The molecule has 2 fully saturated rings. The van der Waals surface area contributed by atoms with Gasteiger partial charge in [0.1, 0.15) is 12.9 Å². The van der Waals surface area contributed by atoms with E-state index in [2.05, 4.69) is 31.9 Å². The number of piperazine rings is 1. The quantitative estimate of drug-likeness (QED) is 0.753. The van der Waals surface area contributed by atoms with Crippen molar-refractivity contribution in [3.8, 4) is 5.88 Å². The number of carbonyl (C=O) groups is 1. The standard InChI is InChI=1S/C21H29N5O3/c1-15(2)29-21-18-10-16(4-5-19(18)22-14-23-21)26-8-6-25(7-9-26)12-17-11-24(3)20(27)13-28-17/h4-5,10,14-15,17H,6-9,11-13H2,1-3H3. The highest BCUT2D eigenvalue weighted by molar-refractivity contribution is 5.86. The summed E-state index contributed by atoms with van der Waals surface area (Å²) in [7, 11) is 1.84. The smallest absolute Gasteiger partial charge is 0.248 e. The van der Waals surface area contributed by atoms with Gasteiger partial charge in [0.15, 0.2) is 0 Å². The summed E-state index contributed by atoms with van der Waals surface area (Å²) >= 11 is 0. The van der Waals surface area contributed by atoms with Crippen molar-refractivity contribution < 1.29 is 14.3 Å². The number of fused-ring (bicyclic) bond motifs is 1. The van der Waals surface area contributed by atoms with Crippen LogP contribution in [-0.4, -0.2) is 90.8 Å². The van der Waals surface area contributed by atoms with Crippen LogP contribution in [-0.2, 0) is 9.53 Å². The fourth-order valence-electron chi connectivity index (χ4n) is 3.88. The molecule has 2 aliphatic rings. The summed E-state index contributed by atoms with van der Waals surface area (Å²) in [5.74, 6) is 0.700. The molecule has 3 heterocycles. The van der Waals surface area contributed by atoms with Crippen molar-refractivity contribution in [1.82, 2.24) is 19.8 Å². The zero-order valence-corrected chi connectivity index (χ0v) is 17.4. The number of benzene rings is 1. The molecule has 8 heteroatoms. The molecular formula is C21H29N5O3. The second kappa shape index (κ2) is 8.51. The zero-order valence-electron chi connectivity index (χ0n) is 17.4. The van der Waals surface area contributed by atoms with Crippen LogP contribution in [0.1, 0.15) is 13.8 Å². The largest absolute Gasteiger partial charge is 0.474 e. The molecule has 29 heavy (non-hydrogen) atoms. The predicted molar refractivity (Wildman–Crippen MR) is 111 cm³/mol. The van der Waals surface area contributed by atoms with Crippen LogP contribution in [0.4, 0.5) is 5.69 Å². The minimum absolute atomic E-state index is 0.0622. The van der Waals surface area contributed by atoms with Crippen LogP contribution in [0, 0.1) is 0 Å². The van der Waals surface area contributed by atoms with Crippen LogP contribution >= 0.6 is 0 Å². The molecule has 0 aliphatic carbocycles.